The summed E-state index contributed by atoms with van der Waals surface area (Å²) in [5, 5.41) is 4.52. The maximum Gasteiger partial charge on any atom is 0.116 e. The minimum Gasteiger partial charge on any atom is -0.304 e. The van der Waals surface area contributed by atoms with Crippen LogP contribution in [-0.2, 0) is 24.3 Å². The van der Waals surface area contributed by atoms with E-state index in [2.05, 4.69) is 59.0 Å². The number of piperidine rings is 1. The van der Waals surface area contributed by atoms with Crippen molar-refractivity contribution in [3.05, 3.63) is 53.3 Å². The molecule has 4 heteroatoms. The van der Waals surface area contributed by atoms with Crippen molar-refractivity contribution < 1.29 is 4.79 Å². The summed E-state index contributed by atoms with van der Waals surface area (Å²) in [5.41, 5.74) is 4.40. The van der Waals surface area contributed by atoms with E-state index in [4.69, 9.17) is 4.79 Å². The number of aromatic nitrogens is 2. The first-order valence-corrected chi connectivity index (χ1v) is 12.3. The number of likely N-dealkylation sites (tertiary alicyclic amines) is 1. The summed E-state index contributed by atoms with van der Waals surface area (Å²) >= 11 is 0. The number of rotatable bonds is 6. The van der Waals surface area contributed by atoms with E-state index in [9.17, 15) is 0 Å². The minimum absolute atomic E-state index is 0.750. The Labute approximate surface area is 189 Å². The second-order valence-electron chi connectivity index (χ2n) is 9.58. The highest BCUT2D eigenvalue weighted by Gasteiger charge is 2.21. The lowest BCUT2D eigenvalue weighted by Gasteiger charge is -2.32. The van der Waals surface area contributed by atoms with E-state index in [0.29, 0.717) is 0 Å². The van der Waals surface area contributed by atoms with Crippen LogP contribution >= 0.6 is 0 Å². The fourth-order valence-electron chi connectivity index (χ4n) is 5.03. The Morgan fingerprint density at radius 1 is 1.00 bits per heavy atom. The molecule has 0 spiro atoms. The summed E-state index contributed by atoms with van der Waals surface area (Å²) < 4.78 is 2.16. The van der Waals surface area contributed by atoms with Crippen LogP contribution in [0.15, 0.2) is 36.7 Å². The van der Waals surface area contributed by atoms with Gasteiger partial charge in [0, 0.05) is 19.3 Å². The van der Waals surface area contributed by atoms with Gasteiger partial charge in [0.05, 0.1) is 6.20 Å². The number of aryl methyl sites for hydroxylation is 1. The van der Waals surface area contributed by atoms with Crippen LogP contribution in [0, 0.1) is 11.8 Å². The Morgan fingerprint density at radius 3 is 2.23 bits per heavy atom. The van der Waals surface area contributed by atoms with Crippen LogP contribution in [0.2, 0.25) is 0 Å². The predicted octanol–water partition coefficient (Wildman–Crippen LogP) is 5.86. The van der Waals surface area contributed by atoms with Gasteiger partial charge in [0.15, 0.2) is 0 Å². The monoisotopic (exact) mass is 423 g/mol. The third-order valence-electron chi connectivity index (χ3n) is 7.12. The molecule has 0 bridgehead atoms. The highest BCUT2D eigenvalue weighted by molar-refractivity contribution is 5.44. The van der Waals surface area contributed by atoms with Crippen molar-refractivity contribution in [3.8, 4) is 0 Å². The molecular formula is C27H41N3O. The number of carbonyl (C=O) groups is 1. The van der Waals surface area contributed by atoms with Gasteiger partial charge in [-0.2, -0.15) is 5.10 Å². The fraction of sp³-hybridized carbons (Fsp3) is 0.630. The van der Waals surface area contributed by atoms with Crippen molar-refractivity contribution in [2.24, 2.45) is 11.8 Å². The molecule has 1 saturated carbocycles. The lowest BCUT2D eigenvalue weighted by atomic mass is 9.79. The zero-order chi connectivity index (χ0) is 22.1. The molecule has 0 unspecified atom stereocenters. The predicted molar refractivity (Wildman–Crippen MR) is 128 cm³/mol. The number of hydrogen-bond acceptors (Lipinski definition) is 3. The Balaban J connectivity index is 0.000000858. The summed E-state index contributed by atoms with van der Waals surface area (Å²) in [7, 11) is 0. The van der Waals surface area contributed by atoms with Crippen molar-refractivity contribution in [1.29, 1.82) is 0 Å². The van der Waals surface area contributed by atoms with Crippen molar-refractivity contribution in [2.75, 3.05) is 13.1 Å². The van der Waals surface area contributed by atoms with E-state index >= 15 is 0 Å². The van der Waals surface area contributed by atoms with Crippen molar-refractivity contribution >= 4 is 6.29 Å². The van der Waals surface area contributed by atoms with Crippen LogP contribution in [0.5, 0.6) is 0 Å². The molecule has 1 aromatic heterocycles. The smallest absolute Gasteiger partial charge is 0.116 e. The van der Waals surface area contributed by atoms with E-state index in [1.807, 2.05) is 6.20 Å². The second-order valence-corrected chi connectivity index (χ2v) is 9.58. The van der Waals surface area contributed by atoms with Gasteiger partial charge in [-0.1, -0.05) is 51.0 Å². The van der Waals surface area contributed by atoms with Gasteiger partial charge >= 0.3 is 0 Å². The lowest BCUT2D eigenvalue weighted by molar-refractivity contribution is -0.106. The van der Waals surface area contributed by atoms with Gasteiger partial charge in [-0.15, -0.1) is 0 Å². The Morgan fingerprint density at radius 2 is 1.65 bits per heavy atom. The molecule has 170 valence electrons. The van der Waals surface area contributed by atoms with Crippen LogP contribution in [0.4, 0.5) is 0 Å². The van der Waals surface area contributed by atoms with Gasteiger partial charge in [-0.25, -0.2) is 0 Å². The van der Waals surface area contributed by atoms with E-state index < -0.39 is 0 Å². The van der Waals surface area contributed by atoms with Gasteiger partial charge in [0.25, 0.3) is 0 Å². The molecule has 4 rings (SSSR count). The first-order chi connectivity index (χ1) is 15.1. The third-order valence-corrected chi connectivity index (χ3v) is 7.12. The van der Waals surface area contributed by atoms with Crippen LogP contribution in [0.3, 0.4) is 0 Å². The molecule has 1 saturated heterocycles. The van der Waals surface area contributed by atoms with Crippen molar-refractivity contribution in [3.63, 3.8) is 0 Å². The lowest BCUT2D eigenvalue weighted by Crippen LogP contribution is -2.34. The van der Waals surface area contributed by atoms with Gasteiger partial charge in [0.2, 0.25) is 0 Å². The van der Waals surface area contributed by atoms with E-state index in [1.54, 1.807) is 5.56 Å². The molecule has 1 aliphatic carbocycles. The van der Waals surface area contributed by atoms with Crippen LogP contribution in [-0.4, -0.2) is 34.1 Å². The molecule has 1 aliphatic heterocycles. The van der Waals surface area contributed by atoms with Crippen molar-refractivity contribution in [2.45, 2.75) is 84.7 Å². The van der Waals surface area contributed by atoms with Crippen LogP contribution in [0.1, 0.15) is 81.9 Å². The Bertz CT molecular complexity index is 766. The molecule has 2 heterocycles. The Kier molecular flexibility index (Phi) is 9.32. The minimum atomic E-state index is 0.750. The number of benzene rings is 1. The standard InChI is InChI=1S/C25H37N3.C2H4O/c1-3-21-16-26-28(18-21)19-23-12-14-27(15-13-23)17-22-6-10-25(11-7-22)24-8-4-20(2)5-9-24;1-2-3/h6-7,10-11,16,18,20,23-24H,3-5,8-9,12-15,17,19H2,1-2H3;2H,1H3. The number of aldehydes is 1. The zero-order valence-corrected chi connectivity index (χ0v) is 19.8. The first-order valence-electron chi connectivity index (χ1n) is 12.3. The number of hydrogen-bond donors (Lipinski definition) is 0. The molecule has 2 aromatic rings. The van der Waals surface area contributed by atoms with Gasteiger partial charge in [-0.3, -0.25) is 9.58 Å². The molecule has 1 aromatic carbocycles. The van der Waals surface area contributed by atoms with E-state index in [0.717, 1.165) is 43.6 Å². The summed E-state index contributed by atoms with van der Waals surface area (Å²) in [5.74, 6) is 2.51. The molecule has 0 N–H and O–H groups in total. The molecule has 2 aliphatic rings. The maximum absolute atomic E-state index is 8.81. The van der Waals surface area contributed by atoms with Crippen molar-refractivity contribution in [1.82, 2.24) is 14.7 Å². The Hall–Kier alpha value is -1.94. The molecular weight excluding hydrogens is 382 g/mol. The molecule has 0 amide bonds. The average Bonchev–Trinajstić information content (AvgIpc) is 3.24. The van der Waals surface area contributed by atoms with Gasteiger partial charge in [0.1, 0.15) is 6.29 Å². The number of nitrogens with zero attached hydrogens (tertiary/aromatic N) is 3. The highest BCUT2D eigenvalue weighted by Crippen LogP contribution is 2.35. The fourth-order valence-corrected chi connectivity index (χ4v) is 5.03. The average molecular weight is 424 g/mol. The first kappa shape index (κ1) is 23.7. The number of carbonyl (C=O) groups excluding carboxylic acids is 1. The topological polar surface area (TPSA) is 38.1 Å². The quantitative estimate of drug-likeness (QED) is 0.547. The summed E-state index contributed by atoms with van der Waals surface area (Å²) in [6, 6.07) is 9.59. The highest BCUT2D eigenvalue weighted by atomic mass is 16.1. The summed E-state index contributed by atoms with van der Waals surface area (Å²) in [4.78, 5) is 11.4. The summed E-state index contributed by atoms with van der Waals surface area (Å²) in [6.07, 6.45) is 14.2. The second kappa shape index (κ2) is 12.2. The van der Waals surface area contributed by atoms with Crippen LogP contribution < -0.4 is 0 Å². The third kappa shape index (κ3) is 7.31. The van der Waals surface area contributed by atoms with Gasteiger partial charge in [-0.05, 0) is 86.6 Å². The van der Waals surface area contributed by atoms with E-state index in [-0.39, 0.29) is 0 Å². The largest absolute Gasteiger partial charge is 0.304 e. The molecule has 2 fully saturated rings. The maximum atomic E-state index is 8.81. The van der Waals surface area contributed by atoms with E-state index in [1.165, 1.54) is 69.7 Å². The molecule has 0 radical (unpaired) electrons. The summed E-state index contributed by atoms with van der Waals surface area (Å²) in [6.45, 7) is 10.7. The molecule has 0 atom stereocenters. The van der Waals surface area contributed by atoms with Crippen LogP contribution in [0.25, 0.3) is 0 Å². The normalized spacial score (nSPS) is 22.5. The molecule has 31 heavy (non-hydrogen) atoms. The zero-order valence-electron chi connectivity index (χ0n) is 19.8. The van der Waals surface area contributed by atoms with Gasteiger partial charge < -0.3 is 4.79 Å². The molecule has 4 nitrogen and oxygen atoms in total. The SMILES string of the molecule is CC=O.CCc1cnn(CC2CCN(Cc3ccc(C4CCC(C)CC4)cc3)CC2)c1.